The van der Waals surface area contributed by atoms with Crippen molar-refractivity contribution in [3.63, 3.8) is 0 Å². The molecule has 3 rings (SSSR count). The maximum atomic E-state index is 12.4. The summed E-state index contributed by atoms with van der Waals surface area (Å²) in [6.45, 7) is 9.69. The van der Waals surface area contributed by atoms with Crippen LogP contribution in [-0.2, 0) is 11.2 Å². The Hall–Kier alpha value is -2.34. The van der Waals surface area contributed by atoms with Gasteiger partial charge in [-0.1, -0.05) is 20.8 Å². The van der Waals surface area contributed by atoms with Gasteiger partial charge in [0.2, 0.25) is 0 Å². The van der Waals surface area contributed by atoms with Crippen molar-refractivity contribution in [1.29, 1.82) is 0 Å². The van der Waals surface area contributed by atoms with Crippen molar-refractivity contribution in [2.75, 3.05) is 27.4 Å². The third kappa shape index (κ3) is 3.92. The number of rotatable bonds is 6. The van der Waals surface area contributed by atoms with Gasteiger partial charge in [0.15, 0.2) is 11.2 Å². The molecule has 1 atom stereocenters. The van der Waals surface area contributed by atoms with Gasteiger partial charge < -0.3 is 18.8 Å². The van der Waals surface area contributed by atoms with Crippen molar-refractivity contribution in [2.45, 2.75) is 46.6 Å². The first kappa shape index (κ1) is 20.4. The first-order valence-corrected chi connectivity index (χ1v) is 9.69. The highest BCUT2D eigenvalue weighted by atomic mass is 16.5. The second-order valence-electron chi connectivity index (χ2n) is 8.40. The molecular weight excluding hydrogens is 356 g/mol. The zero-order valence-electron chi connectivity index (χ0n) is 17.7. The van der Waals surface area contributed by atoms with Gasteiger partial charge in [-0.2, -0.15) is 0 Å². The highest BCUT2D eigenvalue weighted by Crippen LogP contribution is 2.44. The third-order valence-corrected chi connectivity index (χ3v) is 5.24. The molecule has 2 aromatic heterocycles. The molecule has 0 N–H and O–H groups in total. The monoisotopic (exact) mass is 386 g/mol. The molecule has 0 amide bonds. The Morgan fingerprint density at radius 3 is 2.61 bits per heavy atom. The van der Waals surface area contributed by atoms with Crippen LogP contribution in [0.25, 0.3) is 11.4 Å². The minimum Gasteiger partial charge on any atom is -0.488 e. The minimum atomic E-state index is 0.0208. The average Bonchev–Trinajstić information content (AvgIpc) is 2.64. The zero-order chi connectivity index (χ0) is 20.5. The van der Waals surface area contributed by atoms with Crippen molar-refractivity contribution in [3.05, 3.63) is 39.7 Å². The lowest BCUT2D eigenvalue weighted by molar-refractivity contribution is 0.170. The van der Waals surface area contributed by atoms with E-state index in [1.54, 1.807) is 20.3 Å². The summed E-state index contributed by atoms with van der Waals surface area (Å²) in [6, 6.07) is 3.92. The van der Waals surface area contributed by atoms with Crippen LogP contribution < -0.4 is 14.9 Å². The number of aryl methyl sites for hydroxylation is 1. The Balaban J connectivity index is 2.10. The number of aromatic nitrogens is 2. The lowest BCUT2D eigenvalue weighted by Crippen LogP contribution is -2.32. The summed E-state index contributed by atoms with van der Waals surface area (Å²) in [5.41, 5.74) is 3.48. The lowest BCUT2D eigenvalue weighted by Gasteiger charge is -2.38. The Kier molecular flexibility index (Phi) is 5.79. The van der Waals surface area contributed by atoms with Gasteiger partial charge in [0.05, 0.1) is 25.1 Å². The van der Waals surface area contributed by atoms with Gasteiger partial charge in [-0.15, -0.1) is 0 Å². The Morgan fingerprint density at radius 2 is 1.96 bits per heavy atom. The van der Waals surface area contributed by atoms with Crippen LogP contribution in [0.3, 0.4) is 0 Å². The zero-order valence-corrected chi connectivity index (χ0v) is 17.7. The third-order valence-electron chi connectivity index (χ3n) is 5.24. The molecule has 3 heterocycles. The number of fused-ring (bicyclic) bond motifs is 3. The van der Waals surface area contributed by atoms with Crippen molar-refractivity contribution in [3.8, 4) is 23.0 Å². The summed E-state index contributed by atoms with van der Waals surface area (Å²) in [7, 11) is 3.26. The summed E-state index contributed by atoms with van der Waals surface area (Å²) in [5.74, 6) is 1.07. The van der Waals surface area contributed by atoms with Crippen LogP contribution in [0, 0.1) is 12.3 Å². The highest BCUT2D eigenvalue weighted by molar-refractivity contribution is 5.65. The van der Waals surface area contributed by atoms with Gasteiger partial charge in [0.1, 0.15) is 0 Å². The molecule has 0 radical (unpaired) electrons. The molecule has 152 valence electrons. The second kappa shape index (κ2) is 7.95. The maximum Gasteiger partial charge on any atom is 0.257 e. The van der Waals surface area contributed by atoms with Crippen molar-refractivity contribution in [1.82, 2.24) is 9.55 Å². The van der Waals surface area contributed by atoms with Crippen LogP contribution >= 0.6 is 0 Å². The molecule has 2 aromatic rings. The molecule has 28 heavy (non-hydrogen) atoms. The maximum absolute atomic E-state index is 12.4. The van der Waals surface area contributed by atoms with Gasteiger partial charge in [0, 0.05) is 44.0 Å². The van der Waals surface area contributed by atoms with E-state index in [0.717, 1.165) is 35.4 Å². The molecule has 6 heteroatoms. The average molecular weight is 386 g/mol. The number of pyridine rings is 2. The van der Waals surface area contributed by atoms with Crippen LogP contribution in [0.2, 0.25) is 0 Å². The molecule has 0 aliphatic carbocycles. The summed E-state index contributed by atoms with van der Waals surface area (Å²) < 4.78 is 18.7. The Bertz CT molecular complexity index is 912. The van der Waals surface area contributed by atoms with Crippen LogP contribution in [0.4, 0.5) is 0 Å². The van der Waals surface area contributed by atoms with Gasteiger partial charge in [-0.3, -0.25) is 4.79 Å². The van der Waals surface area contributed by atoms with E-state index in [4.69, 9.17) is 19.2 Å². The summed E-state index contributed by atoms with van der Waals surface area (Å²) in [5, 5.41) is 0. The highest BCUT2D eigenvalue weighted by Gasteiger charge is 2.34. The van der Waals surface area contributed by atoms with E-state index in [0.29, 0.717) is 24.8 Å². The molecule has 0 saturated carbocycles. The minimum absolute atomic E-state index is 0.0208. The smallest absolute Gasteiger partial charge is 0.257 e. The van der Waals surface area contributed by atoms with E-state index in [1.807, 2.05) is 19.2 Å². The van der Waals surface area contributed by atoms with Crippen molar-refractivity contribution in [2.24, 2.45) is 5.41 Å². The fraction of sp³-hybridized carbons (Fsp3) is 0.545. The summed E-state index contributed by atoms with van der Waals surface area (Å²) >= 11 is 0. The SMILES string of the molecule is COCCCOc1cc2c(nc1OC)-c1cc(=O)c(C)cn1C(C(C)(C)C)C2. The molecule has 0 fully saturated rings. The largest absolute Gasteiger partial charge is 0.488 e. The second-order valence-corrected chi connectivity index (χ2v) is 8.40. The van der Waals surface area contributed by atoms with Crippen LogP contribution in [-0.4, -0.2) is 37.0 Å². The van der Waals surface area contributed by atoms with E-state index in [1.165, 1.54) is 0 Å². The van der Waals surface area contributed by atoms with Crippen LogP contribution in [0.5, 0.6) is 11.6 Å². The van der Waals surface area contributed by atoms with E-state index < -0.39 is 0 Å². The van der Waals surface area contributed by atoms with Crippen molar-refractivity contribution >= 4 is 0 Å². The van der Waals surface area contributed by atoms with Gasteiger partial charge in [-0.25, -0.2) is 4.98 Å². The Morgan fingerprint density at radius 1 is 1.21 bits per heavy atom. The number of hydrogen-bond acceptors (Lipinski definition) is 5. The number of nitrogens with zero attached hydrogens (tertiary/aromatic N) is 2. The number of hydrogen-bond donors (Lipinski definition) is 0. The normalized spacial score (nSPS) is 15.7. The molecule has 0 bridgehead atoms. The standard InChI is InChI=1S/C22H30N2O4/c1-14-13-24-16(12-17(14)25)20-15(11-19(24)22(2,3)4)10-18(21(23-20)27-6)28-9-7-8-26-5/h10,12-13,19H,7-9,11H2,1-6H3. The molecule has 1 aliphatic rings. The molecule has 0 aromatic carbocycles. The Labute approximate surface area is 166 Å². The molecule has 1 unspecified atom stereocenters. The lowest BCUT2D eigenvalue weighted by atomic mass is 9.80. The van der Waals surface area contributed by atoms with E-state index >= 15 is 0 Å². The summed E-state index contributed by atoms with van der Waals surface area (Å²) in [4.78, 5) is 17.1. The first-order valence-electron chi connectivity index (χ1n) is 9.69. The molecule has 0 saturated heterocycles. The van der Waals surface area contributed by atoms with Crippen LogP contribution in [0.1, 0.15) is 44.4 Å². The molecule has 1 aliphatic heterocycles. The topological polar surface area (TPSA) is 62.6 Å². The van der Waals surface area contributed by atoms with Crippen molar-refractivity contribution < 1.29 is 14.2 Å². The van der Waals surface area contributed by atoms with Gasteiger partial charge in [0.25, 0.3) is 5.88 Å². The predicted octanol–water partition coefficient (Wildman–Crippen LogP) is 3.79. The molecule has 6 nitrogen and oxygen atoms in total. The van der Waals surface area contributed by atoms with E-state index in [9.17, 15) is 4.79 Å². The van der Waals surface area contributed by atoms with Crippen LogP contribution in [0.15, 0.2) is 23.1 Å². The fourth-order valence-electron chi connectivity index (χ4n) is 3.66. The van der Waals surface area contributed by atoms with E-state index in [-0.39, 0.29) is 16.9 Å². The number of methoxy groups -OCH3 is 2. The van der Waals surface area contributed by atoms with Gasteiger partial charge in [-0.05, 0) is 30.4 Å². The van der Waals surface area contributed by atoms with E-state index in [2.05, 4.69) is 25.3 Å². The molecular formula is C22H30N2O4. The predicted molar refractivity (Wildman–Crippen MR) is 109 cm³/mol. The first-order chi connectivity index (χ1) is 13.3. The quantitative estimate of drug-likeness (QED) is 0.707. The van der Waals surface area contributed by atoms with Gasteiger partial charge >= 0.3 is 0 Å². The fourth-order valence-corrected chi connectivity index (χ4v) is 3.66. The number of ether oxygens (including phenoxy) is 3. The molecule has 0 spiro atoms. The summed E-state index contributed by atoms with van der Waals surface area (Å²) in [6.07, 6.45) is 3.57.